The Balaban J connectivity index is 4.12. The van der Waals surface area contributed by atoms with Crippen LogP contribution in [0.5, 0.6) is 0 Å². The van der Waals surface area contributed by atoms with Crippen molar-refractivity contribution in [3.05, 3.63) is 0 Å². The van der Waals surface area contributed by atoms with E-state index in [0.29, 0.717) is 0 Å². The highest BCUT2D eigenvalue weighted by molar-refractivity contribution is 5.09. The zero-order valence-corrected chi connectivity index (χ0v) is 7.02. The Morgan fingerprint density at radius 1 is 1.50 bits per heavy atom. The molecule has 0 fully saturated rings. The number of likely N-dealkylation sites (N-methyl/N-ethyl adjacent to an activating group) is 1. The van der Waals surface area contributed by atoms with Gasteiger partial charge in [0, 0.05) is 5.54 Å². The van der Waals surface area contributed by atoms with E-state index < -0.39 is 6.10 Å². The first-order valence-corrected chi connectivity index (χ1v) is 3.34. The van der Waals surface area contributed by atoms with Crippen molar-refractivity contribution in [2.45, 2.75) is 32.4 Å². The van der Waals surface area contributed by atoms with Crippen LogP contribution in [0.25, 0.3) is 0 Å². The van der Waals surface area contributed by atoms with Crippen molar-refractivity contribution in [1.82, 2.24) is 5.32 Å². The third kappa shape index (κ3) is 2.38. The Bertz CT molecular complexity index is 152. The minimum atomic E-state index is -0.595. The normalized spacial score (nSPS) is 13.7. The fraction of sp³-hybridized carbons (Fsp3) is 0.750. The molecule has 1 unspecified atom stereocenters. The fourth-order valence-corrected chi connectivity index (χ4v) is 0.454. The van der Waals surface area contributed by atoms with Gasteiger partial charge in [0.2, 0.25) is 0 Å². The zero-order chi connectivity index (χ0) is 8.20. The van der Waals surface area contributed by atoms with Crippen LogP contribution >= 0.6 is 0 Å². The van der Waals surface area contributed by atoms with Crippen LogP contribution in [0.3, 0.4) is 0 Å². The van der Waals surface area contributed by atoms with Crippen LogP contribution in [-0.4, -0.2) is 23.8 Å². The van der Waals surface area contributed by atoms with Crippen LogP contribution in [0, 0.1) is 11.8 Å². The van der Waals surface area contributed by atoms with Gasteiger partial charge in [-0.3, -0.25) is 0 Å². The molecule has 0 aliphatic heterocycles. The molecule has 0 saturated carbocycles. The smallest absolute Gasteiger partial charge is 0.132 e. The maximum Gasteiger partial charge on any atom is 0.132 e. The molecular formula is C8H15NO. The van der Waals surface area contributed by atoms with Crippen molar-refractivity contribution in [3.8, 4) is 11.8 Å². The highest BCUT2D eigenvalue weighted by atomic mass is 16.3. The molecule has 0 aromatic heterocycles. The highest BCUT2D eigenvalue weighted by Crippen LogP contribution is 2.06. The molecule has 0 saturated heterocycles. The largest absolute Gasteiger partial charge is 0.378 e. The molecular weight excluding hydrogens is 126 g/mol. The van der Waals surface area contributed by atoms with E-state index >= 15 is 0 Å². The van der Waals surface area contributed by atoms with E-state index in [4.69, 9.17) is 0 Å². The standard InChI is InChI=1S/C8H15NO/c1-5-6-7(10)8(2,3)9-4/h7,9-10H,1-4H3. The maximum atomic E-state index is 9.34. The summed E-state index contributed by atoms with van der Waals surface area (Å²) in [4.78, 5) is 0. The Labute approximate surface area is 62.6 Å². The van der Waals surface area contributed by atoms with E-state index in [1.165, 1.54) is 0 Å². The van der Waals surface area contributed by atoms with E-state index in [1.807, 2.05) is 13.8 Å². The van der Waals surface area contributed by atoms with Crippen molar-refractivity contribution < 1.29 is 5.11 Å². The third-order valence-corrected chi connectivity index (χ3v) is 1.61. The number of aliphatic hydroxyl groups is 1. The summed E-state index contributed by atoms with van der Waals surface area (Å²) in [5.41, 5.74) is -0.316. The summed E-state index contributed by atoms with van der Waals surface area (Å²) in [6.45, 7) is 5.53. The lowest BCUT2D eigenvalue weighted by atomic mass is 9.98. The third-order valence-electron chi connectivity index (χ3n) is 1.61. The molecule has 2 nitrogen and oxygen atoms in total. The van der Waals surface area contributed by atoms with Gasteiger partial charge in [-0.15, -0.1) is 5.92 Å². The highest BCUT2D eigenvalue weighted by Gasteiger charge is 2.23. The van der Waals surface area contributed by atoms with Crippen LogP contribution < -0.4 is 5.32 Å². The monoisotopic (exact) mass is 141 g/mol. The van der Waals surface area contributed by atoms with Gasteiger partial charge in [0.1, 0.15) is 6.10 Å². The SMILES string of the molecule is CC#CC(O)C(C)(C)NC. The first-order chi connectivity index (χ1) is 4.54. The van der Waals surface area contributed by atoms with Crippen molar-refractivity contribution in [2.24, 2.45) is 0 Å². The van der Waals surface area contributed by atoms with Crippen molar-refractivity contribution in [2.75, 3.05) is 7.05 Å². The molecule has 0 aliphatic rings. The van der Waals surface area contributed by atoms with Gasteiger partial charge < -0.3 is 10.4 Å². The van der Waals surface area contributed by atoms with Gasteiger partial charge in [-0.2, -0.15) is 0 Å². The number of aliphatic hydroxyl groups excluding tert-OH is 1. The first-order valence-electron chi connectivity index (χ1n) is 3.34. The van der Waals surface area contributed by atoms with Crippen LogP contribution in [0.2, 0.25) is 0 Å². The van der Waals surface area contributed by atoms with Crippen molar-refractivity contribution in [3.63, 3.8) is 0 Å². The van der Waals surface area contributed by atoms with Crippen LogP contribution in [-0.2, 0) is 0 Å². The predicted octanol–water partition coefficient (Wildman–Crippen LogP) is 0.369. The molecule has 0 radical (unpaired) electrons. The quantitative estimate of drug-likeness (QED) is 0.544. The summed E-state index contributed by atoms with van der Waals surface area (Å²) < 4.78 is 0. The summed E-state index contributed by atoms with van der Waals surface area (Å²) in [5, 5.41) is 12.3. The molecule has 2 heteroatoms. The molecule has 2 N–H and O–H groups in total. The Morgan fingerprint density at radius 2 is 2.00 bits per heavy atom. The molecule has 0 spiro atoms. The van der Waals surface area contributed by atoms with Crippen LogP contribution in [0.4, 0.5) is 0 Å². The minimum Gasteiger partial charge on any atom is -0.378 e. The summed E-state index contributed by atoms with van der Waals surface area (Å²) in [5.74, 6) is 5.35. The second kappa shape index (κ2) is 3.60. The minimum absolute atomic E-state index is 0.316. The lowest BCUT2D eigenvalue weighted by Gasteiger charge is -2.26. The lowest BCUT2D eigenvalue weighted by molar-refractivity contribution is 0.136. The Hall–Kier alpha value is -0.520. The number of hydrogen-bond acceptors (Lipinski definition) is 2. The second-order valence-electron chi connectivity index (χ2n) is 2.77. The second-order valence-corrected chi connectivity index (χ2v) is 2.77. The lowest BCUT2D eigenvalue weighted by Crippen LogP contribution is -2.46. The molecule has 0 aliphatic carbocycles. The summed E-state index contributed by atoms with van der Waals surface area (Å²) in [6.07, 6.45) is -0.595. The van der Waals surface area contributed by atoms with Gasteiger partial charge in [0.15, 0.2) is 0 Å². The first kappa shape index (κ1) is 9.48. The molecule has 0 aromatic rings. The van der Waals surface area contributed by atoms with Gasteiger partial charge in [0.05, 0.1) is 0 Å². The topological polar surface area (TPSA) is 32.3 Å². The number of rotatable bonds is 2. The zero-order valence-electron chi connectivity index (χ0n) is 7.02. The fourth-order valence-electron chi connectivity index (χ4n) is 0.454. The molecule has 0 bridgehead atoms. The van der Waals surface area contributed by atoms with Gasteiger partial charge >= 0.3 is 0 Å². The van der Waals surface area contributed by atoms with Gasteiger partial charge in [-0.05, 0) is 27.8 Å². The molecule has 58 valence electrons. The van der Waals surface area contributed by atoms with Crippen molar-refractivity contribution in [1.29, 1.82) is 0 Å². The van der Waals surface area contributed by atoms with E-state index in [1.54, 1.807) is 14.0 Å². The average molecular weight is 141 g/mol. The molecule has 1 atom stereocenters. The predicted molar refractivity (Wildman–Crippen MR) is 42.6 cm³/mol. The van der Waals surface area contributed by atoms with E-state index in [2.05, 4.69) is 17.2 Å². The van der Waals surface area contributed by atoms with Crippen LogP contribution in [0.15, 0.2) is 0 Å². The van der Waals surface area contributed by atoms with Gasteiger partial charge in [-0.1, -0.05) is 5.92 Å². The van der Waals surface area contributed by atoms with Crippen molar-refractivity contribution >= 4 is 0 Å². The molecule has 0 aromatic carbocycles. The molecule has 10 heavy (non-hydrogen) atoms. The van der Waals surface area contributed by atoms with Crippen LogP contribution in [0.1, 0.15) is 20.8 Å². The molecule has 0 amide bonds. The summed E-state index contributed by atoms with van der Waals surface area (Å²) >= 11 is 0. The average Bonchev–Trinajstić information content (AvgIpc) is 1.89. The van der Waals surface area contributed by atoms with E-state index in [9.17, 15) is 5.11 Å². The number of hydrogen-bond donors (Lipinski definition) is 2. The van der Waals surface area contributed by atoms with E-state index in [-0.39, 0.29) is 5.54 Å². The van der Waals surface area contributed by atoms with E-state index in [0.717, 1.165) is 0 Å². The number of nitrogens with one attached hydrogen (secondary N) is 1. The summed E-state index contributed by atoms with van der Waals surface area (Å²) in [7, 11) is 1.81. The summed E-state index contributed by atoms with van der Waals surface area (Å²) in [6, 6.07) is 0. The van der Waals surface area contributed by atoms with Gasteiger partial charge in [0.25, 0.3) is 0 Å². The molecule has 0 rings (SSSR count). The Morgan fingerprint density at radius 3 is 2.30 bits per heavy atom. The van der Waals surface area contributed by atoms with Gasteiger partial charge in [-0.25, -0.2) is 0 Å². The maximum absolute atomic E-state index is 9.34. The molecule has 0 heterocycles. The Kier molecular flexibility index (Phi) is 3.41.